The van der Waals surface area contributed by atoms with E-state index in [4.69, 9.17) is 21.1 Å². The first-order valence-corrected chi connectivity index (χ1v) is 23.9. The number of ether oxygens (including phenoxy) is 2. The fraction of sp³-hybridized carbons (Fsp3) is 0.396. The largest absolute Gasteiger partial charge is 0.455 e. The van der Waals surface area contributed by atoms with Crippen molar-refractivity contribution in [1.82, 2.24) is 24.5 Å². The van der Waals surface area contributed by atoms with Crippen molar-refractivity contribution in [3.63, 3.8) is 0 Å². The maximum atomic E-state index is 14.0. The molecule has 0 spiro atoms. The first kappa shape index (κ1) is 46.4. The summed E-state index contributed by atoms with van der Waals surface area (Å²) in [6.45, 7) is 15.0. The van der Waals surface area contributed by atoms with Crippen LogP contribution in [-0.2, 0) is 14.8 Å². The van der Waals surface area contributed by atoms with Crippen LogP contribution in [0.3, 0.4) is 0 Å². The van der Waals surface area contributed by atoms with Crippen molar-refractivity contribution >= 4 is 67.3 Å². The predicted octanol–water partition coefficient (Wildman–Crippen LogP) is 9.10. The van der Waals surface area contributed by atoms with Crippen LogP contribution in [0.5, 0.6) is 11.5 Å². The second kappa shape index (κ2) is 18.6. The van der Waals surface area contributed by atoms with Gasteiger partial charge in [-0.25, -0.2) is 22.9 Å². The molecule has 0 bridgehead atoms. The highest BCUT2D eigenvalue weighted by Crippen LogP contribution is 2.43. The van der Waals surface area contributed by atoms with Gasteiger partial charge in [-0.05, 0) is 105 Å². The number of benzene rings is 3. The van der Waals surface area contributed by atoms with E-state index in [-0.39, 0.29) is 28.3 Å². The van der Waals surface area contributed by atoms with Gasteiger partial charge in [0.1, 0.15) is 28.4 Å². The van der Waals surface area contributed by atoms with Crippen LogP contribution in [0.15, 0.2) is 95.7 Å². The molecule has 4 heterocycles. The molecule has 2 aromatic heterocycles. The normalized spacial score (nSPS) is 17.1. The van der Waals surface area contributed by atoms with E-state index in [1.807, 2.05) is 18.2 Å². The fourth-order valence-electron chi connectivity index (χ4n) is 8.62. The summed E-state index contributed by atoms with van der Waals surface area (Å²) < 4.78 is 41.3. The number of nitro groups is 1. The van der Waals surface area contributed by atoms with Crippen LogP contribution >= 0.6 is 11.6 Å². The second-order valence-electron chi connectivity index (χ2n) is 19.1. The number of rotatable bonds is 13. The van der Waals surface area contributed by atoms with Gasteiger partial charge in [-0.3, -0.25) is 19.8 Å². The Morgan fingerprint density at radius 2 is 1.74 bits per heavy atom. The Morgan fingerprint density at radius 1 is 1.00 bits per heavy atom. The lowest BCUT2D eigenvalue weighted by atomic mass is 9.72. The zero-order chi connectivity index (χ0) is 47.0. The van der Waals surface area contributed by atoms with Crippen LogP contribution in [0, 0.1) is 21.4 Å². The minimum absolute atomic E-state index is 0.0000836. The summed E-state index contributed by atoms with van der Waals surface area (Å²) in [6.07, 6.45) is 5.99. The van der Waals surface area contributed by atoms with E-state index in [9.17, 15) is 28.1 Å². The molecular weight excluding hydrogens is 884 g/mol. The number of hydrogen-bond donors (Lipinski definition) is 3. The molecule has 0 atom stereocenters. The average Bonchev–Trinajstić information content (AvgIpc) is 3.71. The van der Waals surface area contributed by atoms with Gasteiger partial charge in [-0.15, -0.1) is 0 Å². The summed E-state index contributed by atoms with van der Waals surface area (Å²) in [5.74, 6) is -0.546. The van der Waals surface area contributed by atoms with E-state index in [1.165, 1.54) is 41.1 Å². The molecule has 3 aliphatic rings. The number of piperazine rings is 1. The Hall–Kier alpha value is -6.17. The molecule has 3 aromatic carbocycles. The molecule has 0 radical (unpaired) electrons. The third-order valence-corrected chi connectivity index (χ3v) is 13.8. The summed E-state index contributed by atoms with van der Waals surface area (Å²) in [5, 5.41) is 16.7. The highest BCUT2D eigenvalue weighted by atomic mass is 35.5. The molecule has 18 heteroatoms. The molecule has 1 aliphatic carbocycles. The van der Waals surface area contributed by atoms with Gasteiger partial charge >= 0.3 is 6.09 Å². The molecular formula is C48H55ClN8O8S. The number of likely N-dealkylation sites (tertiary alicyclic amines) is 1. The zero-order valence-corrected chi connectivity index (χ0v) is 39.3. The highest BCUT2D eigenvalue weighted by Gasteiger charge is 2.35. The molecule has 16 nitrogen and oxygen atoms in total. The van der Waals surface area contributed by atoms with Crippen molar-refractivity contribution in [2.45, 2.75) is 64.4 Å². The lowest BCUT2D eigenvalue weighted by molar-refractivity contribution is -0.384. The van der Waals surface area contributed by atoms with Gasteiger partial charge in [0, 0.05) is 92.7 Å². The molecule has 0 saturated carbocycles. The monoisotopic (exact) mass is 938 g/mol. The molecule has 2 amide bonds. The predicted molar refractivity (Wildman–Crippen MR) is 255 cm³/mol. The van der Waals surface area contributed by atoms with Crippen LogP contribution in [0.1, 0.15) is 69.8 Å². The molecule has 2 aliphatic heterocycles. The van der Waals surface area contributed by atoms with Crippen LogP contribution in [0.4, 0.5) is 21.9 Å². The van der Waals surface area contributed by atoms with E-state index in [0.717, 1.165) is 61.1 Å². The molecule has 3 N–H and O–H groups in total. The number of fused-ring (bicyclic) bond motifs is 1. The Labute approximate surface area is 389 Å². The number of H-pyrrole nitrogens is 1. The summed E-state index contributed by atoms with van der Waals surface area (Å²) in [6, 6.07) is 20.2. The number of amides is 2. The lowest BCUT2D eigenvalue weighted by Gasteiger charge is -2.39. The van der Waals surface area contributed by atoms with Crippen LogP contribution in [-0.4, -0.2) is 103 Å². The molecule has 2 fully saturated rings. The maximum Gasteiger partial charge on any atom is 0.410 e. The number of halogens is 1. The molecule has 66 heavy (non-hydrogen) atoms. The van der Waals surface area contributed by atoms with E-state index in [2.05, 4.69) is 55.8 Å². The van der Waals surface area contributed by atoms with Crippen molar-refractivity contribution in [1.29, 1.82) is 0 Å². The van der Waals surface area contributed by atoms with Gasteiger partial charge in [-0.2, -0.15) is 0 Å². The number of aromatic amines is 1. The Bertz CT molecular complexity index is 2790. The number of nitro benzene ring substituents is 1. The average molecular weight is 940 g/mol. The Morgan fingerprint density at radius 3 is 2.45 bits per heavy atom. The van der Waals surface area contributed by atoms with Gasteiger partial charge in [0.15, 0.2) is 0 Å². The second-order valence-corrected chi connectivity index (χ2v) is 21.2. The van der Waals surface area contributed by atoms with Gasteiger partial charge in [0.2, 0.25) is 0 Å². The van der Waals surface area contributed by atoms with Gasteiger partial charge in [0.25, 0.3) is 21.6 Å². The summed E-state index contributed by atoms with van der Waals surface area (Å²) in [5.41, 5.74) is 4.64. The van der Waals surface area contributed by atoms with Gasteiger partial charge < -0.3 is 29.6 Å². The number of nitrogens with zero attached hydrogens (tertiary/aromatic N) is 5. The first-order valence-electron chi connectivity index (χ1n) is 22.1. The van der Waals surface area contributed by atoms with E-state index >= 15 is 0 Å². The molecule has 2 saturated heterocycles. The van der Waals surface area contributed by atoms with E-state index < -0.39 is 43.1 Å². The highest BCUT2D eigenvalue weighted by molar-refractivity contribution is 7.90. The number of anilines is 2. The third kappa shape index (κ3) is 10.9. The summed E-state index contributed by atoms with van der Waals surface area (Å²) >= 11 is 6.24. The molecule has 5 aromatic rings. The lowest BCUT2D eigenvalue weighted by Crippen LogP contribution is -2.53. The smallest absolute Gasteiger partial charge is 0.410 e. The quantitative estimate of drug-likeness (QED) is 0.0751. The van der Waals surface area contributed by atoms with E-state index in [1.54, 1.807) is 50.1 Å². The Kier molecular flexibility index (Phi) is 13.1. The van der Waals surface area contributed by atoms with Crippen molar-refractivity contribution < 1.29 is 32.4 Å². The van der Waals surface area contributed by atoms with E-state index in [0.29, 0.717) is 44.1 Å². The number of carbonyl (C=O) groups is 2. The molecule has 8 rings (SSSR count). The van der Waals surface area contributed by atoms with Crippen molar-refractivity contribution in [3.8, 4) is 11.5 Å². The van der Waals surface area contributed by atoms with Crippen molar-refractivity contribution in [2.24, 2.45) is 11.3 Å². The minimum atomic E-state index is -4.61. The summed E-state index contributed by atoms with van der Waals surface area (Å²) in [7, 11) is -4.61. The fourth-order valence-corrected chi connectivity index (χ4v) is 9.74. The topological polar surface area (TPSA) is 192 Å². The van der Waals surface area contributed by atoms with Crippen molar-refractivity contribution in [3.05, 3.63) is 117 Å². The number of carbonyl (C=O) groups excluding carboxylic acids is 2. The van der Waals surface area contributed by atoms with Crippen molar-refractivity contribution in [2.75, 3.05) is 62.6 Å². The Balaban J connectivity index is 0.969. The minimum Gasteiger partial charge on any atom is -0.455 e. The SMILES string of the molecule is CC1(C)CCC(CN2CCN(c3ccc(C(=O)NS(=O)(=O)c4ccc(NCC5CN(C(=O)OC(C)(C)C)C5)c([N+](=O)[O-])c4)c(Oc4cnc5[nH]ccc5c4)c3)CC2)=C(c2ccc(Cl)cc2)C1. The van der Waals surface area contributed by atoms with Gasteiger partial charge in [-0.1, -0.05) is 43.2 Å². The summed E-state index contributed by atoms with van der Waals surface area (Å²) in [4.78, 5) is 51.0. The molecule has 0 unspecified atom stereocenters. The van der Waals surface area contributed by atoms with Crippen LogP contribution in [0.25, 0.3) is 16.6 Å². The number of hydrogen-bond acceptors (Lipinski definition) is 12. The number of aromatic nitrogens is 2. The standard InChI is InChI=1S/C48H55ClN8O8S/c1-47(2,3)65-46(59)56-28-31(29-56)26-51-41-13-11-38(24-42(41)57(60)61)66(62,63)53-45(58)39-12-10-36(23-43(39)64-37-22-33-15-17-50-44(33)52-27-37)55-20-18-54(19-21-55)30-34-14-16-48(4,5)25-40(34)32-6-8-35(49)9-7-32/h6-13,15,17,22-24,27,31,51H,14,16,18-21,25-26,28-30H2,1-5H3,(H,50,52)(H,53,58). The number of sulfonamides is 1. The zero-order valence-electron chi connectivity index (χ0n) is 37.7. The maximum absolute atomic E-state index is 14.0. The first-order chi connectivity index (χ1) is 31.3. The van der Waals surface area contributed by atoms with Crippen LogP contribution < -0.4 is 19.7 Å². The number of allylic oxidation sites excluding steroid dienone is 1. The van der Waals surface area contributed by atoms with Crippen LogP contribution in [0.2, 0.25) is 5.02 Å². The number of nitrogens with one attached hydrogen (secondary N) is 3. The third-order valence-electron chi connectivity index (χ3n) is 12.2. The van der Waals surface area contributed by atoms with Gasteiger partial charge in [0.05, 0.1) is 21.6 Å². The number of pyridine rings is 1. The molecule has 348 valence electrons.